The van der Waals surface area contributed by atoms with E-state index in [1.165, 1.54) is 36.6 Å². The molecule has 0 bridgehead atoms. The Morgan fingerprint density at radius 2 is 1.94 bits per heavy atom. The molecule has 3 aliphatic carbocycles. The van der Waals surface area contributed by atoms with Gasteiger partial charge in [-0.25, -0.2) is 4.79 Å². The molecule has 2 fully saturated rings. The molecule has 0 spiro atoms. The molecule has 2 saturated carbocycles. The van der Waals surface area contributed by atoms with E-state index in [0.29, 0.717) is 23.8 Å². The van der Waals surface area contributed by atoms with E-state index in [4.69, 9.17) is 4.74 Å². The van der Waals surface area contributed by atoms with Gasteiger partial charge in [-0.05, 0) is 86.1 Å². The summed E-state index contributed by atoms with van der Waals surface area (Å²) in [6.45, 7) is 0. The van der Waals surface area contributed by atoms with Crippen molar-refractivity contribution in [2.75, 3.05) is 7.11 Å². The van der Waals surface area contributed by atoms with Crippen LogP contribution < -0.4 is 0 Å². The molecule has 0 unspecified atom stereocenters. The van der Waals surface area contributed by atoms with Gasteiger partial charge >= 0.3 is 5.97 Å². The lowest BCUT2D eigenvalue weighted by Crippen LogP contribution is -2.51. The summed E-state index contributed by atoms with van der Waals surface area (Å²) in [5.41, 5.74) is 3.65. The molecule has 0 radical (unpaired) electrons. The molecule has 0 heterocycles. The van der Waals surface area contributed by atoms with Gasteiger partial charge in [-0.2, -0.15) is 0 Å². The quantitative estimate of drug-likeness (QED) is 0.577. The minimum atomic E-state index is -0.864. The molecule has 2 aromatic carbocycles. The summed E-state index contributed by atoms with van der Waals surface area (Å²) in [5, 5.41) is 11.3. The first-order chi connectivity index (χ1) is 15.0. The minimum absolute atomic E-state index is 0.0307. The van der Waals surface area contributed by atoms with Crippen molar-refractivity contribution in [2.45, 2.75) is 62.4 Å². The first-order valence-electron chi connectivity index (χ1n) is 11.5. The zero-order valence-corrected chi connectivity index (χ0v) is 18.2. The van der Waals surface area contributed by atoms with Crippen LogP contribution in [0.3, 0.4) is 0 Å². The summed E-state index contributed by atoms with van der Waals surface area (Å²) in [6.07, 6.45) is 7.60. The van der Waals surface area contributed by atoms with Crippen LogP contribution >= 0.6 is 0 Å². The Kier molecular flexibility index (Phi) is 5.15. The molecule has 0 aliphatic heterocycles. The van der Waals surface area contributed by atoms with Crippen molar-refractivity contribution in [3.63, 3.8) is 0 Å². The topological polar surface area (TPSA) is 46.5 Å². The molecular weight excluding hydrogens is 384 g/mol. The highest BCUT2D eigenvalue weighted by atomic mass is 16.5. The molecule has 160 valence electrons. The Morgan fingerprint density at radius 1 is 1.13 bits per heavy atom. The largest absolute Gasteiger partial charge is 0.465 e. The first-order valence-corrected chi connectivity index (χ1v) is 11.5. The summed E-state index contributed by atoms with van der Waals surface area (Å²) >= 11 is 0. The predicted octanol–water partition coefficient (Wildman–Crippen LogP) is 4.84. The molecule has 5 rings (SSSR count). The molecule has 3 aliphatic rings. The van der Waals surface area contributed by atoms with Crippen molar-refractivity contribution in [3.05, 3.63) is 70.8 Å². The van der Waals surface area contributed by atoms with Gasteiger partial charge in [0.15, 0.2) is 0 Å². The third kappa shape index (κ3) is 3.90. The van der Waals surface area contributed by atoms with Crippen LogP contribution in [0.25, 0.3) is 0 Å². The number of hydrogen-bond donors (Lipinski definition) is 1. The maximum atomic E-state index is 12.1. The molecule has 0 amide bonds. The Labute approximate surface area is 184 Å². The maximum Gasteiger partial charge on any atom is 0.337 e. The van der Waals surface area contributed by atoms with Crippen molar-refractivity contribution in [1.29, 1.82) is 0 Å². The van der Waals surface area contributed by atoms with Crippen molar-refractivity contribution in [1.82, 2.24) is 0 Å². The summed E-state index contributed by atoms with van der Waals surface area (Å²) < 4.78 is 4.95. The third-order valence-electron chi connectivity index (χ3n) is 7.62. The number of rotatable bonds is 3. The molecule has 0 aromatic heterocycles. The second-order valence-corrected chi connectivity index (χ2v) is 9.70. The van der Waals surface area contributed by atoms with Crippen molar-refractivity contribution in [2.24, 2.45) is 11.8 Å². The number of carbonyl (C=O) groups is 1. The molecule has 0 saturated heterocycles. The van der Waals surface area contributed by atoms with E-state index >= 15 is 0 Å². The summed E-state index contributed by atoms with van der Waals surface area (Å²) in [5.74, 6) is 7.19. The van der Waals surface area contributed by atoms with E-state index in [1.54, 1.807) is 0 Å². The number of carbonyl (C=O) groups excluding carboxylic acids is 1. The van der Waals surface area contributed by atoms with Crippen LogP contribution in [0.5, 0.6) is 0 Å². The zero-order chi connectivity index (χ0) is 21.5. The Morgan fingerprint density at radius 3 is 2.68 bits per heavy atom. The molecule has 3 atom stereocenters. The standard InChI is InChI=1S/C28H30O3/c1-31-26(29)23-10-12-25-22(17-23)9-11-24-19-27(30,14-13-20-7-8-20)15-16-28(24,25)18-21-5-3-2-4-6-21/h2-6,10,12,17,20,24,30H,7-9,11,15-16,18-19H2,1H3/t24-,27-,28+/m1/s1. The number of fused-ring (bicyclic) bond motifs is 3. The minimum Gasteiger partial charge on any atom is -0.465 e. The highest BCUT2D eigenvalue weighted by molar-refractivity contribution is 5.89. The third-order valence-corrected chi connectivity index (χ3v) is 7.62. The van der Waals surface area contributed by atoms with Crippen LogP contribution in [0.1, 0.15) is 65.6 Å². The van der Waals surface area contributed by atoms with E-state index in [1.807, 2.05) is 12.1 Å². The van der Waals surface area contributed by atoms with Crippen LogP contribution in [0.4, 0.5) is 0 Å². The van der Waals surface area contributed by atoms with Gasteiger partial charge in [0.05, 0.1) is 12.7 Å². The number of aliphatic hydroxyl groups is 1. The fourth-order valence-electron chi connectivity index (χ4n) is 5.80. The molecular formula is C28H30O3. The summed E-state index contributed by atoms with van der Waals surface area (Å²) in [7, 11) is 1.43. The number of benzene rings is 2. The van der Waals surface area contributed by atoms with Crippen LogP contribution in [-0.4, -0.2) is 23.8 Å². The van der Waals surface area contributed by atoms with E-state index in [9.17, 15) is 9.90 Å². The molecule has 3 nitrogen and oxygen atoms in total. The van der Waals surface area contributed by atoms with E-state index in [2.05, 4.69) is 48.2 Å². The Bertz CT molecular complexity index is 1040. The average molecular weight is 415 g/mol. The average Bonchev–Trinajstić information content (AvgIpc) is 3.63. The lowest BCUT2D eigenvalue weighted by atomic mass is 9.52. The Balaban J connectivity index is 1.53. The van der Waals surface area contributed by atoms with E-state index < -0.39 is 5.60 Å². The Hall–Kier alpha value is -2.57. The van der Waals surface area contributed by atoms with Gasteiger partial charge < -0.3 is 9.84 Å². The molecule has 1 N–H and O–H groups in total. The number of methoxy groups -OCH3 is 1. The fraction of sp³-hybridized carbons (Fsp3) is 0.464. The number of esters is 1. The normalized spacial score (nSPS) is 29.2. The smallest absolute Gasteiger partial charge is 0.337 e. The van der Waals surface area contributed by atoms with Crippen LogP contribution in [0.15, 0.2) is 48.5 Å². The predicted molar refractivity (Wildman–Crippen MR) is 121 cm³/mol. The fourth-order valence-corrected chi connectivity index (χ4v) is 5.80. The van der Waals surface area contributed by atoms with Gasteiger partial charge in [0, 0.05) is 11.3 Å². The van der Waals surface area contributed by atoms with Crippen LogP contribution in [0.2, 0.25) is 0 Å². The molecule has 3 heteroatoms. The van der Waals surface area contributed by atoms with Gasteiger partial charge in [0.1, 0.15) is 5.60 Å². The van der Waals surface area contributed by atoms with Crippen molar-refractivity contribution >= 4 is 5.97 Å². The zero-order valence-electron chi connectivity index (χ0n) is 18.2. The number of hydrogen-bond acceptors (Lipinski definition) is 3. The van der Waals surface area contributed by atoms with Crippen molar-refractivity contribution in [3.8, 4) is 11.8 Å². The van der Waals surface area contributed by atoms with Crippen LogP contribution in [-0.2, 0) is 23.0 Å². The molecule has 31 heavy (non-hydrogen) atoms. The monoisotopic (exact) mass is 414 g/mol. The second-order valence-electron chi connectivity index (χ2n) is 9.70. The second kappa shape index (κ2) is 7.84. The maximum absolute atomic E-state index is 12.1. The van der Waals surface area contributed by atoms with Crippen molar-refractivity contribution < 1.29 is 14.6 Å². The van der Waals surface area contributed by atoms with Gasteiger partial charge in [-0.1, -0.05) is 48.2 Å². The van der Waals surface area contributed by atoms with Crippen LogP contribution in [0, 0.1) is 23.7 Å². The van der Waals surface area contributed by atoms with Gasteiger partial charge in [0.25, 0.3) is 0 Å². The number of aryl methyl sites for hydroxylation is 1. The summed E-state index contributed by atoms with van der Waals surface area (Å²) in [6, 6.07) is 16.8. The highest BCUT2D eigenvalue weighted by Gasteiger charge is 2.51. The number of ether oxygens (including phenoxy) is 1. The SMILES string of the molecule is COC(=O)c1ccc2c(c1)CC[C@@H]1C[C@@](O)(C#CC3CC3)CC[C@@]21Cc1ccccc1. The highest BCUT2D eigenvalue weighted by Crippen LogP contribution is 2.54. The lowest BCUT2D eigenvalue weighted by molar-refractivity contribution is -0.00807. The van der Waals surface area contributed by atoms with Gasteiger partial charge in [0.2, 0.25) is 0 Å². The lowest BCUT2D eigenvalue weighted by Gasteiger charge is -2.52. The van der Waals surface area contributed by atoms with E-state index in [-0.39, 0.29) is 11.4 Å². The summed E-state index contributed by atoms with van der Waals surface area (Å²) in [4.78, 5) is 12.1. The van der Waals surface area contributed by atoms with E-state index in [0.717, 1.165) is 32.1 Å². The first kappa shape index (κ1) is 20.3. The molecule has 2 aromatic rings. The van der Waals surface area contributed by atoms with Gasteiger partial charge in [-0.3, -0.25) is 0 Å². The van der Waals surface area contributed by atoms with Gasteiger partial charge in [-0.15, -0.1) is 0 Å².